The van der Waals surface area contributed by atoms with Crippen LogP contribution in [-0.4, -0.2) is 74.7 Å². The molecular formula is C18H19N9O5. The summed E-state index contributed by atoms with van der Waals surface area (Å²) in [6, 6.07) is 6.65. The van der Waals surface area contributed by atoms with Gasteiger partial charge >= 0.3 is 6.09 Å². The number of anilines is 1. The standard InChI is InChI=1S/C18H19N9O5/c1-11-14(21-25-27(11)16-15(19)23-32-24-16)17(28)22-20-10-12-2-4-13(5-3-12)31-18(29)26-6-8-30-9-7-26/h2-5,10H,6-9H2,1H3,(H2,19,23)(H,22,28)/b20-10+. The normalized spacial score (nSPS) is 14.0. The number of hydrogen-bond donors (Lipinski definition) is 2. The second kappa shape index (κ2) is 9.22. The molecule has 4 rings (SSSR count). The maximum absolute atomic E-state index is 12.3. The first-order valence-electron chi connectivity index (χ1n) is 9.51. The summed E-state index contributed by atoms with van der Waals surface area (Å²) in [5, 5.41) is 18.6. The molecule has 0 atom stereocenters. The summed E-state index contributed by atoms with van der Waals surface area (Å²) in [5.74, 6) is -0.0263. The predicted octanol–water partition coefficient (Wildman–Crippen LogP) is 0.136. The van der Waals surface area contributed by atoms with Gasteiger partial charge in [-0.3, -0.25) is 4.79 Å². The average Bonchev–Trinajstić information content (AvgIpc) is 3.40. The highest BCUT2D eigenvalue weighted by molar-refractivity contribution is 5.94. The van der Waals surface area contributed by atoms with Gasteiger partial charge in [0.15, 0.2) is 5.69 Å². The van der Waals surface area contributed by atoms with E-state index in [0.29, 0.717) is 43.3 Å². The SMILES string of the molecule is Cc1c(C(=O)N/N=C/c2ccc(OC(=O)N3CCOCC3)cc2)nnn1-c1nonc1N. The van der Waals surface area contributed by atoms with Crippen molar-refractivity contribution in [3.63, 3.8) is 0 Å². The molecule has 1 saturated heterocycles. The van der Waals surface area contributed by atoms with E-state index in [0.717, 1.165) is 0 Å². The van der Waals surface area contributed by atoms with Crippen LogP contribution in [0.3, 0.4) is 0 Å². The van der Waals surface area contributed by atoms with Gasteiger partial charge in [0.2, 0.25) is 11.6 Å². The van der Waals surface area contributed by atoms with Gasteiger partial charge in [-0.1, -0.05) is 5.21 Å². The first kappa shape index (κ1) is 20.9. The van der Waals surface area contributed by atoms with Crippen LogP contribution in [0.2, 0.25) is 0 Å². The summed E-state index contributed by atoms with van der Waals surface area (Å²) in [6.45, 7) is 3.61. The quantitative estimate of drug-likeness (QED) is 0.409. The van der Waals surface area contributed by atoms with Crippen molar-refractivity contribution >= 4 is 24.0 Å². The molecule has 0 unspecified atom stereocenters. The van der Waals surface area contributed by atoms with Crippen LogP contribution in [-0.2, 0) is 4.74 Å². The second-order valence-electron chi connectivity index (χ2n) is 6.64. The molecule has 0 spiro atoms. The molecule has 1 aromatic carbocycles. The van der Waals surface area contributed by atoms with Crippen LogP contribution in [0, 0.1) is 6.92 Å². The monoisotopic (exact) mass is 441 g/mol. The van der Waals surface area contributed by atoms with E-state index in [2.05, 4.69) is 35.8 Å². The molecule has 1 aliphatic rings. The number of nitrogens with zero attached hydrogens (tertiary/aromatic N) is 7. The number of nitrogen functional groups attached to an aromatic ring is 1. The molecule has 2 aromatic heterocycles. The minimum Gasteiger partial charge on any atom is -0.410 e. The molecule has 3 aromatic rings. The summed E-state index contributed by atoms with van der Waals surface area (Å²) >= 11 is 0. The minimum atomic E-state index is -0.573. The molecule has 0 radical (unpaired) electrons. The lowest BCUT2D eigenvalue weighted by atomic mass is 10.2. The maximum Gasteiger partial charge on any atom is 0.415 e. The Kier molecular flexibility index (Phi) is 6.03. The molecular weight excluding hydrogens is 422 g/mol. The van der Waals surface area contributed by atoms with Gasteiger partial charge in [-0.25, -0.2) is 14.8 Å². The van der Waals surface area contributed by atoms with E-state index < -0.39 is 12.0 Å². The number of aromatic nitrogens is 5. The number of nitrogens with two attached hydrogens (primary N) is 1. The summed E-state index contributed by atoms with van der Waals surface area (Å²) < 4.78 is 16.3. The first-order valence-corrected chi connectivity index (χ1v) is 9.51. The van der Waals surface area contributed by atoms with Crippen molar-refractivity contribution in [1.29, 1.82) is 0 Å². The smallest absolute Gasteiger partial charge is 0.410 e. The fourth-order valence-corrected chi connectivity index (χ4v) is 2.83. The fourth-order valence-electron chi connectivity index (χ4n) is 2.83. The summed E-state index contributed by atoms with van der Waals surface area (Å²) in [6.07, 6.45) is 1.01. The van der Waals surface area contributed by atoms with Crippen LogP contribution in [0.1, 0.15) is 21.7 Å². The van der Waals surface area contributed by atoms with Crippen LogP contribution in [0.25, 0.3) is 5.82 Å². The van der Waals surface area contributed by atoms with Gasteiger partial charge in [0.05, 0.1) is 25.1 Å². The predicted molar refractivity (Wildman–Crippen MR) is 108 cm³/mol. The van der Waals surface area contributed by atoms with Crippen LogP contribution >= 0.6 is 0 Å². The molecule has 0 bridgehead atoms. The molecule has 1 aliphatic heterocycles. The van der Waals surface area contributed by atoms with Gasteiger partial charge in [-0.05, 0) is 47.1 Å². The van der Waals surface area contributed by atoms with E-state index in [9.17, 15) is 9.59 Å². The molecule has 32 heavy (non-hydrogen) atoms. The zero-order valence-electron chi connectivity index (χ0n) is 17.0. The van der Waals surface area contributed by atoms with Crippen molar-refractivity contribution in [2.45, 2.75) is 6.92 Å². The molecule has 14 nitrogen and oxygen atoms in total. The van der Waals surface area contributed by atoms with Crippen molar-refractivity contribution in [2.24, 2.45) is 5.10 Å². The third kappa shape index (κ3) is 4.54. The lowest BCUT2D eigenvalue weighted by molar-refractivity contribution is 0.0416. The lowest BCUT2D eigenvalue weighted by Gasteiger charge is -2.25. The molecule has 2 amide bonds. The molecule has 1 fully saturated rings. The van der Waals surface area contributed by atoms with Crippen LogP contribution < -0.4 is 15.9 Å². The first-order chi connectivity index (χ1) is 15.5. The van der Waals surface area contributed by atoms with Crippen molar-refractivity contribution in [3.05, 3.63) is 41.2 Å². The van der Waals surface area contributed by atoms with E-state index in [1.807, 2.05) is 0 Å². The van der Waals surface area contributed by atoms with Crippen LogP contribution in [0.15, 0.2) is 34.0 Å². The third-order valence-corrected chi connectivity index (χ3v) is 4.54. The lowest BCUT2D eigenvalue weighted by Crippen LogP contribution is -2.42. The van der Waals surface area contributed by atoms with Crippen molar-refractivity contribution < 1.29 is 23.7 Å². The number of carbonyl (C=O) groups excluding carboxylic acids is 2. The third-order valence-electron chi connectivity index (χ3n) is 4.54. The van der Waals surface area contributed by atoms with Crippen molar-refractivity contribution in [2.75, 3.05) is 32.0 Å². The van der Waals surface area contributed by atoms with E-state index in [-0.39, 0.29) is 17.3 Å². The topological polar surface area (TPSA) is 176 Å². The molecule has 166 valence electrons. The molecule has 14 heteroatoms. The Hall–Kier alpha value is -4.33. The number of carbonyl (C=O) groups is 2. The van der Waals surface area contributed by atoms with Gasteiger partial charge in [0, 0.05) is 13.1 Å². The number of nitrogens with one attached hydrogen (secondary N) is 1. The number of hydrogen-bond acceptors (Lipinski definition) is 11. The summed E-state index contributed by atoms with van der Waals surface area (Å²) in [4.78, 5) is 26.0. The van der Waals surface area contributed by atoms with E-state index in [1.54, 1.807) is 36.1 Å². The second-order valence-corrected chi connectivity index (χ2v) is 6.64. The van der Waals surface area contributed by atoms with Crippen molar-refractivity contribution in [3.8, 4) is 11.6 Å². The van der Waals surface area contributed by atoms with E-state index in [4.69, 9.17) is 15.2 Å². The molecule has 3 heterocycles. The van der Waals surface area contributed by atoms with Crippen LogP contribution in [0.5, 0.6) is 5.75 Å². The van der Waals surface area contributed by atoms with Crippen LogP contribution in [0.4, 0.5) is 10.6 Å². The highest BCUT2D eigenvalue weighted by atomic mass is 16.6. The summed E-state index contributed by atoms with van der Waals surface area (Å²) in [7, 11) is 0. The van der Waals surface area contributed by atoms with Gasteiger partial charge in [-0.15, -0.1) is 5.10 Å². The number of rotatable bonds is 5. The molecule has 0 aliphatic carbocycles. The number of benzene rings is 1. The largest absolute Gasteiger partial charge is 0.415 e. The van der Waals surface area contributed by atoms with Gasteiger partial charge in [-0.2, -0.15) is 9.78 Å². The highest BCUT2D eigenvalue weighted by Crippen LogP contribution is 2.15. The Morgan fingerprint density at radius 1 is 1.22 bits per heavy atom. The van der Waals surface area contributed by atoms with Crippen molar-refractivity contribution in [1.82, 2.24) is 35.6 Å². The zero-order valence-corrected chi connectivity index (χ0v) is 17.0. The molecule has 0 saturated carbocycles. The summed E-state index contributed by atoms with van der Waals surface area (Å²) in [5.41, 5.74) is 9.10. The Morgan fingerprint density at radius 2 is 1.97 bits per heavy atom. The average molecular weight is 441 g/mol. The maximum atomic E-state index is 12.3. The highest BCUT2D eigenvalue weighted by Gasteiger charge is 2.21. The van der Waals surface area contributed by atoms with E-state index in [1.165, 1.54) is 10.9 Å². The number of ether oxygens (including phenoxy) is 2. The Bertz CT molecular complexity index is 1130. The van der Waals surface area contributed by atoms with Gasteiger partial charge < -0.3 is 20.1 Å². The van der Waals surface area contributed by atoms with Gasteiger partial charge in [0.25, 0.3) is 5.91 Å². The number of morpholine rings is 1. The Morgan fingerprint density at radius 3 is 2.66 bits per heavy atom. The number of hydrazone groups is 1. The van der Waals surface area contributed by atoms with E-state index >= 15 is 0 Å². The van der Waals surface area contributed by atoms with Gasteiger partial charge in [0.1, 0.15) is 5.75 Å². The number of amides is 2. The minimum absolute atomic E-state index is 0.0158. The zero-order chi connectivity index (χ0) is 22.5. The Labute approximate surface area is 180 Å². The fraction of sp³-hybridized carbons (Fsp3) is 0.278. The Balaban J connectivity index is 1.33. The molecule has 3 N–H and O–H groups in total.